The van der Waals surface area contributed by atoms with Crippen LogP contribution in [0.15, 0.2) is 24.7 Å². The first kappa shape index (κ1) is 10.0. The van der Waals surface area contributed by atoms with Crippen LogP contribution in [0, 0.1) is 0 Å². The predicted octanol–water partition coefficient (Wildman–Crippen LogP) is 1.45. The average Bonchev–Trinajstić information content (AvgIpc) is 2.40. The molecule has 0 spiro atoms. The van der Waals surface area contributed by atoms with E-state index in [1.54, 1.807) is 24.7 Å². The number of aryl methyl sites for hydroxylation is 1. The highest BCUT2D eigenvalue weighted by Gasteiger charge is 2.19. The maximum absolute atomic E-state index is 11.6. The molecule has 1 aliphatic rings. The van der Waals surface area contributed by atoms with Crippen LogP contribution in [0.5, 0.6) is 0 Å². The van der Waals surface area contributed by atoms with Crippen molar-refractivity contribution in [2.75, 3.05) is 0 Å². The van der Waals surface area contributed by atoms with Crippen molar-refractivity contribution in [3.63, 3.8) is 0 Å². The molecule has 1 aliphatic carbocycles. The molecular formula is C12H10N4O. The summed E-state index contributed by atoms with van der Waals surface area (Å²) in [6.07, 6.45) is 7.17. The molecular weight excluding hydrogens is 216 g/mol. The third-order valence-corrected chi connectivity index (χ3v) is 2.75. The number of fused-ring (bicyclic) bond motifs is 1. The minimum Gasteiger partial charge on any atom is -0.294 e. The molecule has 2 heterocycles. The zero-order valence-electron chi connectivity index (χ0n) is 9.13. The Labute approximate surface area is 98.0 Å². The van der Waals surface area contributed by atoms with Crippen molar-refractivity contribution < 1.29 is 4.79 Å². The van der Waals surface area contributed by atoms with Crippen LogP contribution in [-0.4, -0.2) is 25.7 Å². The number of hydrogen-bond donors (Lipinski definition) is 0. The van der Waals surface area contributed by atoms with Gasteiger partial charge >= 0.3 is 0 Å². The molecule has 2 aromatic rings. The number of ketones is 1. The van der Waals surface area contributed by atoms with E-state index < -0.39 is 0 Å². The lowest BCUT2D eigenvalue weighted by Gasteiger charge is -2.13. The number of carbonyl (C=O) groups is 1. The van der Waals surface area contributed by atoms with Gasteiger partial charge in [0.1, 0.15) is 0 Å². The summed E-state index contributed by atoms with van der Waals surface area (Å²) >= 11 is 0. The third kappa shape index (κ3) is 1.80. The monoisotopic (exact) mass is 226 g/mol. The van der Waals surface area contributed by atoms with Crippen molar-refractivity contribution in [3.8, 4) is 11.6 Å². The number of Topliss-reactive ketones (excluding diaryl/α,β-unsaturated/α-hetero) is 1. The van der Waals surface area contributed by atoms with Gasteiger partial charge in [0.05, 0.1) is 11.3 Å². The van der Waals surface area contributed by atoms with Gasteiger partial charge in [0.25, 0.3) is 0 Å². The fraction of sp³-hybridized carbons (Fsp3) is 0.250. The Morgan fingerprint density at radius 3 is 2.65 bits per heavy atom. The molecule has 3 rings (SSSR count). The van der Waals surface area contributed by atoms with Gasteiger partial charge in [0.15, 0.2) is 17.4 Å². The summed E-state index contributed by atoms with van der Waals surface area (Å²) in [5, 5.41) is 0. The maximum atomic E-state index is 11.6. The lowest BCUT2D eigenvalue weighted by molar-refractivity contribution is 0.0971. The molecule has 5 heteroatoms. The highest BCUT2D eigenvalue weighted by atomic mass is 16.1. The van der Waals surface area contributed by atoms with Gasteiger partial charge in [0, 0.05) is 25.0 Å². The number of aromatic nitrogens is 4. The van der Waals surface area contributed by atoms with E-state index in [0.717, 1.165) is 18.5 Å². The molecule has 0 saturated heterocycles. The zero-order valence-corrected chi connectivity index (χ0v) is 9.13. The van der Waals surface area contributed by atoms with E-state index in [1.165, 1.54) is 0 Å². The van der Waals surface area contributed by atoms with Crippen molar-refractivity contribution >= 4 is 5.78 Å². The molecule has 0 N–H and O–H groups in total. The smallest absolute Gasteiger partial charge is 0.197 e. The standard InChI is InChI=1S/C12H10N4O/c17-10-4-1-3-9-8(10)7-15-12(16-9)11-13-5-2-6-14-11/h2,5-7H,1,3-4H2. The van der Waals surface area contributed by atoms with E-state index in [9.17, 15) is 4.79 Å². The topological polar surface area (TPSA) is 68.6 Å². The first-order valence-corrected chi connectivity index (χ1v) is 5.51. The maximum Gasteiger partial charge on any atom is 0.197 e. The predicted molar refractivity (Wildman–Crippen MR) is 60.3 cm³/mol. The summed E-state index contributed by atoms with van der Waals surface area (Å²) in [6, 6.07) is 1.74. The molecule has 0 radical (unpaired) electrons. The van der Waals surface area contributed by atoms with Crippen LogP contribution in [0.3, 0.4) is 0 Å². The normalized spacial score (nSPS) is 14.5. The highest BCUT2D eigenvalue weighted by molar-refractivity contribution is 5.97. The van der Waals surface area contributed by atoms with Crippen molar-refractivity contribution in [1.82, 2.24) is 19.9 Å². The molecule has 0 aromatic carbocycles. The lowest BCUT2D eigenvalue weighted by atomic mass is 9.96. The van der Waals surface area contributed by atoms with Crippen LogP contribution in [0.1, 0.15) is 28.9 Å². The number of carbonyl (C=O) groups excluding carboxylic acids is 1. The second-order valence-electron chi connectivity index (χ2n) is 3.90. The van der Waals surface area contributed by atoms with Gasteiger partial charge in [0.2, 0.25) is 0 Å². The molecule has 0 atom stereocenters. The minimum atomic E-state index is 0.131. The van der Waals surface area contributed by atoms with Crippen molar-refractivity contribution in [1.29, 1.82) is 0 Å². The lowest BCUT2D eigenvalue weighted by Crippen LogP contribution is -2.14. The van der Waals surface area contributed by atoms with Gasteiger partial charge in [-0.15, -0.1) is 0 Å². The van der Waals surface area contributed by atoms with E-state index >= 15 is 0 Å². The van der Waals surface area contributed by atoms with Crippen molar-refractivity contribution in [2.24, 2.45) is 0 Å². The summed E-state index contributed by atoms with van der Waals surface area (Å²) < 4.78 is 0. The van der Waals surface area contributed by atoms with E-state index in [0.29, 0.717) is 23.6 Å². The van der Waals surface area contributed by atoms with Gasteiger partial charge in [-0.05, 0) is 18.9 Å². The fourth-order valence-corrected chi connectivity index (χ4v) is 1.91. The van der Waals surface area contributed by atoms with Crippen LogP contribution in [0.4, 0.5) is 0 Å². The van der Waals surface area contributed by atoms with Crippen LogP contribution in [-0.2, 0) is 6.42 Å². The van der Waals surface area contributed by atoms with Gasteiger partial charge in [-0.25, -0.2) is 19.9 Å². The third-order valence-electron chi connectivity index (χ3n) is 2.75. The second kappa shape index (κ2) is 4.01. The Morgan fingerprint density at radius 2 is 1.82 bits per heavy atom. The van der Waals surface area contributed by atoms with Gasteiger partial charge in [-0.1, -0.05) is 0 Å². The summed E-state index contributed by atoms with van der Waals surface area (Å²) in [4.78, 5) is 28.3. The first-order chi connectivity index (χ1) is 8.34. The van der Waals surface area contributed by atoms with Gasteiger partial charge < -0.3 is 0 Å². The SMILES string of the molecule is O=C1CCCc2nc(-c3ncccn3)ncc21. The van der Waals surface area contributed by atoms with E-state index in [4.69, 9.17) is 0 Å². The molecule has 5 nitrogen and oxygen atoms in total. The molecule has 0 fully saturated rings. The summed E-state index contributed by atoms with van der Waals surface area (Å²) in [7, 11) is 0. The Hall–Kier alpha value is -2.17. The Bertz CT molecular complexity index is 568. The molecule has 2 aromatic heterocycles. The Balaban J connectivity index is 2.07. The second-order valence-corrected chi connectivity index (χ2v) is 3.90. The number of rotatable bonds is 1. The van der Waals surface area contributed by atoms with Crippen LogP contribution >= 0.6 is 0 Å². The fourth-order valence-electron chi connectivity index (χ4n) is 1.91. The summed E-state index contributed by atoms with van der Waals surface area (Å²) in [5.41, 5.74) is 1.47. The van der Waals surface area contributed by atoms with Crippen molar-refractivity contribution in [3.05, 3.63) is 35.9 Å². The van der Waals surface area contributed by atoms with Gasteiger partial charge in [-0.3, -0.25) is 4.79 Å². The van der Waals surface area contributed by atoms with Crippen LogP contribution in [0.25, 0.3) is 11.6 Å². The first-order valence-electron chi connectivity index (χ1n) is 5.51. The number of nitrogens with zero attached hydrogens (tertiary/aromatic N) is 4. The van der Waals surface area contributed by atoms with Gasteiger partial charge in [-0.2, -0.15) is 0 Å². The van der Waals surface area contributed by atoms with Crippen LogP contribution < -0.4 is 0 Å². The van der Waals surface area contributed by atoms with E-state index in [-0.39, 0.29) is 5.78 Å². The molecule has 84 valence electrons. The van der Waals surface area contributed by atoms with E-state index in [2.05, 4.69) is 19.9 Å². The van der Waals surface area contributed by atoms with Crippen molar-refractivity contribution in [2.45, 2.75) is 19.3 Å². The molecule has 0 bridgehead atoms. The molecule has 0 saturated carbocycles. The van der Waals surface area contributed by atoms with E-state index in [1.807, 2.05) is 0 Å². The highest BCUT2D eigenvalue weighted by Crippen LogP contribution is 2.20. The molecule has 17 heavy (non-hydrogen) atoms. The summed E-state index contributed by atoms with van der Waals surface area (Å²) in [5.74, 6) is 1.11. The summed E-state index contributed by atoms with van der Waals surface area (Å²) in [6.45, 7) is 0. The van der Waals surface area contributed by atoms with Crippen LogP contribution in [0.2, 0.25) is 0 Å². The Morgan fingerprint density at radius 1 is 1.00 bits per heavy atom. The zero-order chi connectivity index (χ0) is 11.7. The average molecular weight is 226 g/mol. The molecule has 0 aliphatic heterocycles. The molecule has 0 amide bonds. The largest absolute Gasteiger partial charge is 0.294 e. The Kier molecular flexibility index (Phi) is 2.36. The minimum absolute atomic E-state index is 0.131. The number of hydrogen-bond acceptors (Lipinski definition) is 5. The quantitative estimate of drug-likeness (QED) is 0.736. The molecule has 0 unspecified atom stereocenters.